The molecule has 132 valence electrons. The third-order valence-electron chi connectivity index (χ3n) is 5.06. The zero-order valence-electron chi connectivity index (χ0n) is 14.0. The Hall–Kier alpha value is -0.885. The molecule has 2 fully saturated rings. The molecule has 7 heteroatoms. The number of esters is 1. The molecule has 1 saturated carbocycles. The third-order valence-corrected chi connectivity index (χ3v) is 8.30. The van der Waals surface area contributed by atoms with Gasteiger partial charge in [-0.3, -0.25) is 0 Å². The number of carbonyl (C=O) groups excluding carboxylic acids is 1. The molecule has 1 heterocycles. The third kappa shape index (κ3) is 5.06. The van der Waals surface area contributed by atoms with E-state index in [2.05, 4.69) is 18.2 Å². The Morgan fingerprint density at radius 2 is 2.16 bits per heavy atom. The number of fused-ring (bicyclic) bond motifs is 1. The number of hydrogen-bond donors (Lipinski definition) is 1. The molecule has 1 aliphatic heterocycles. The van der Waals surface area contributed by atoms with Crippen LogP contribution >= 0.6 is 16.4 Å². The van der Waals surface area contributed by atoms with Crippen molar-refractivity contribution in [3.63, 3.8) is 0 Å². The maximum atomic E-state index is 11.6. The summed E-state index contributed by atoms with van der Waals surface area (Å²) in [6.45, 7) is 0.994. The van der Waals surface area contributed by atoms with Gasteiger partial charge in [-0.05, 0) is 0 Å². The molecule has 1 aliphatic carbocycles. The summed E-state index contributed by atoms with van der Waals surface area (Å²) in [5.41, 5.74) is 1.61. The van der Waals surface area contributed by atoms with Gasteiger partial charge < -0.3 is 0 Å². The first-order valence-electron chi connectivity index (χ1n) is 8.72. The van der Waals surface area contributed by atoms with Gasteiger partial charge in [-0.1, -0.05) is 6.07 Å². The predicted octanol–water partition coefficient (Wildman–Crippen LogP) is 3.09. The summed E-state index contributed by atoms with van der Waals surface area (Å²) < 4.78 is 16.2. The van der Waals surface area contributed by atoms with Crippen LogP contribution in [0.4, 0.5) is 0 Å². The van der Waals surface area contributed by atoms with Crippen LogP contribution in [0.1, 0.15) is 24.8 Å². The quantitative estimate of drug-likeness (QED) is 0.328. The van der Waals surface area contributed by atoms with E-state index in [-0.39, 0.29) is 23.9 Å². The Balaban J connectivity index is 1.58. The van der Waals surface area contributed by atoms with E-state index in [0.29, 0.717) is 34.9 Å². The number of carbonyl (C=O) groups is 1. The van der Waals surface area contributed by atoms with Gasteiger partial charge in [0.05, 0.1) is 0 Å². The van der Waals surface area contributed by atoms with Crippen LogP contribution in [0.2, 0.25) is 0 Å². The van der Waals surface area contributed by atoms with E-state index in [4.69, 9.17) is 4.74 Å². The molecule has 25 heavy (non-hydrogen) atoms. The molecule has 4 nitrogen and oxygen atoms in total. The molecule has 0 radical (unpaired) electrons. The van der Waals surface area contributed by atoms with Gasteiger partial charge >= 0.3 is 146 Å². The van der Waals surface area contributed by atoms with Crippen molar-refractivity contribution in [2.45, 2.75) is 43.6 Å². The topological polar surface area (TPSA) is 63.6 Å². The van der Waals surface area contributed by atoms with Crippen molar-refractivity contribution in [1.82, 2.24) is 0 Å². The Labute approximate surface area is 152 Å². The van der Waals surface area contributed by atoms with Crippen molar-refractivity contribution in [3.05, 3.63) is 48.0 Å². The van der Waals surface area contributed by atoms with E-state index < -0.39 is 6.10 Å². The molecular formula is C18H23BO4P2. The van der Waals surface area contributed by atoms with Crippen LogP contribution in [-0.2, 0) is 20.7 Å². The Kier molecular flexibility index (Phi) is 6.93. The number of allylic oxidation sites excluding steroid dienone is 1. The van der Waals surface area contributed by atoms with E-state index >= 15 is 0 Å². The van der Waals surface area contributed by atoms with Crippen molar-refractivity contribution in [2.75, 3.05) is 0 Å². The van der Waals surface area contributed by atoms with Gasteiger partial charge in [-0.2, -0.15) is 0 Å². The summed E-state index contributed by atoms with van der Waals surface area (Å²) in [6.07, 6.45) is 6.29. The second-order valence-electron chi connectivity index (χ2n) is 6.70. The molecule has 0 amide bonds. The van der Waals surface area contributed by atoms with Crippen molar-refractivity contribution in [3.8, 4) is 0 Å². The van der Waals surface area contributed by atoms with Crippen LogP contribution in [0.5, 0.6) is 0 Å². The average molecular weight is 376 g/mol. The molecule has 3 rings (SSSR count). The molecule has 1 aromatic rings. The monoisotopic (exact) mass is 376 g/mol. The normalized spacial score (nSPS) is 30.4. The fourth-order valence-electron chi connectivity index (χ4n) is 3.83. The molecule has 0 spiro atoms. The van der Waals surface area contributed by atoms with Crippen LogP contribution in [-0.4, -0.2) is 35.8 Å². The number of rotatable bonds is 8. The summed E-state index contributed by atoms with van der Waals surface area (Å²) in [5.74, 6) is 0.324. The fourth-order valence-corrected chi connectivity index (χ4v) is 6.79. The van der Waals surface area contributed by atoms with Gasteiger partial charge in [-0.25, -0.2) is 0 Å². The van der Waals surface area contributed by atoms with E-state index in [1.165, 1.54) is 5.56 Å². The summed E-state index contributed by atoms with van der Waals surface area (Å²) in [5, 5.41) is 10.3. The summed E-state index contributed by atoms with van der Waals surface area (Å²) in [6, 6.07) is 10.1. The van der Waals surface area contributed by atoms with Gasteiger partial charge in [0.15, 0.2) is 0 Å². The molecule has 2 aliphatic rings. The first-order chi connectivity index (χ1) is 12.2. The van der Waals surface area contributed by atoms with Crippen molar-refractivity contribution in [1.29, 1.82) is 0 Å². The number of aliphatic hydroxyl groups excluding tert-OH is 1. The SMILES string of the molecule is O=BPP[C@@H]1C[C@@H]2OC(=O)C[C@@H]2[C@H]1/C=C/[C@H](O)CCc1ccccc1. The van der Waals surface area contributed by atoms with Gasteiger partial charge in [0.2, 0.25) is 0 Å². The molecule has 1 saturated heterocycles. The summed E-state index contributed by atoms with van der Waals surface area (Å²) >= 11 is 0. The summed E-state index contributed by atoms with van der Waals surface area (Å²) in [7, 11) is 0.909. The molecule has 1 N–H and O–H groups in total. The van der Waals surface area contributed by atoms with E-state index in [1.807, 2.05) is 24.3 Å². The maximum absolute atomic E-state index is 11.6. The predicted molar refractivity (Wildman–Crippen MR) is 103 cm³/mol. The number of aryl methyl sites for hydroxylation is 1. The molecule has 1 aromatic carbocycles. The van der Waals surface area contributed by atoms with Gasteiger partial charge in [-0.15, -0.1) is 0 Å². The van der Waals surface area contributed by atoms with E-state index in [1.54, 1.807) is 0 Å². The standard InChI is InChI=1S/C18H23BO4P2/c20-13(7-6-12-4-2-1-3-5-12)8-9-14-15-10-18(21)23-16(15)11-17(14)24-25-19-22/h1-5,8-9,13-17,20,24-25H,6-7,10-11H2/b9-8+/t13-,14-,15-,16+,17-/m1/s1. The van der Waals surface area contributed by atoms with Crippen LogP contribution in [0, 0.1) is 11.8 Å². The van der Waals surface area contributed by atoms with Crippen LogP contribution < -0.4 is 0 Å². The number of aliphatic hydroxyl groups is 1. The second-order valence-corrected chi connectivity index (χ2v) is 9.99. The first-order valence-corrected chi connectivity index (χ1v) is 11.9. The first kappa shape index (κ1) is 18.9. The molecule has 0 aromatic heterocycles. The molecule has 7 atom stereocenters. The summed E-state index contributed by atoms with van der Waals surface area (Å²) in [4.78, 5) is 11.6. The Bertz CT molecular complexity index is 625. The van der Waals surface area contributed by atoms with Gasteiger partial charge in [0, 0.05) is 0 Å². The average Bonchev–Trinajstić information content (AvgIpc) is 3.13. The number of benzene rings is 1. The van der Waals surface area contributed by atoms with Crippen molar-refractivity contribution < 1.29 is 19.3 Å². The Morgan fingerprint density at radius 1 is 1.36 bits per heavy atom. The van der Waals surface area contributed by atoms with Gasteiger partial charge in [0.25, 0.3) is 0 Å². The van der Waals surface area contributed by atoms with Crippen LogP contribution in [0.3, 0.4) is 0 Å². The van der Waals surface area contributed by atoms with E-state index in [9.17, 15) is 14.6 Å². The van der Waals surface area contributed by atoms with E-state index in [0.717, 1.165) is 19.7 Å². The molecule has 2 unspecified atom stereocenters. The van der Waals surface area contributed by atoms with Gasteiger partial charge in [0.1, 0.15) is 0 Å². The number of hydrogen-bond acceptors (Lipinski definition) is 4. The zero-order valence-corrected chi connectivity index (χ0v) is 16.0. The van der Waals surface area contributed by atoms with Crippen molar-refractivity contribution in [2.24, 2.45) is 11.8 Å². The van der Waals surface area contributed by atoms with Crippen LogP contribution in [0.15, 0.2) is 42.5 Å². The zero-order chi connectivity index (χ0) is 17.6. The van der Waals surface area contributed by atoms with Crippen LogP contribution in [0.25, 0.3) is 0 Å². The van der Waals surface area contributed by atoms with Crippen molar-refractivity contribution >= 4 is 29.3 Å². The fraction of sp³-hybridized carbons (Fsp3) is 0.500. The second kappa shape index (κ2) is 9.17. The Morgan fingerprint density at radius 3 is 2.92 bits per heavy atom. The molecular weight excluding hydrogens is 353 g/mol. The molecule has 0 bridgehead atoms. The number of ether oxygens (including phenoxy) is 1. The minimum atomic E-state index is -0.491. The minimum absolute atomic E-state index is 0.00226.